The number of halogens is 1. The molecule has 0 saturated carbocycles. The number of hydrogen-bond acceptors (Lipinski definition) is 5. The highest BCUT2D eigenvalue weighted by atomic mass is 35.5. The molecule has 3 rings (SSSR count). The molecule has 1 heterocycles. The van der Waals surface area contributed by atoms with Gasteiger partial charge in [-0.3, -0.25) is 9.10 Å². The summed E-state index contributed by atoms with van der Waals surface area (Å²) in [5, 5.41) is 3.06. The zero-order valence-corrected chi connectivity index (χ0v) is 18.6. The molecule has 1 fully saturated rings. The van der Waals surface area contributed by atoms with Crippen LogP contribution in [0.5, 0.6) is 11.5 Å². The third-order valence-electron chi connectivity index (χ3n) is 4.98. The number of methoxy groups -OCH3 is 2. The van der Waals surface area contributed by atoms with Crippen LogP contribution in [0.15, 0.2) is 36.4 Å². The lowest BCUT2D eigenvalue weighted by molar-refractivity contribution is 0.0954. The first-order valence-corrected chi connectivity index (χ1v) is 11.6. The number of nitrogens with zero attached hydrogens (tertiary/aromatic N) is 1. The molecule has 1 aliphatic rings. The number of amides is 1. The van der Waals surface area contributed by atoms with E-state index in [1.54, 1.807) is 26.4 Å². The maximum Gasteiger partial charge on any atom is 0.252 e. The van der Waals surface area contributed by atoms with Gasteiger partial charge in [-0.1, -0.05) is 17.7 Å². The molecule has 1 aliphatic heterocycles. The Bertz CT molecular complexity index is 1030. The summed E-state index contributed by atoms with van der Waals surface area (Å²) < 4.78 is 36.4. The second-order valence-electron chi connectivity index (χ2n) is 6.95. The second kappa shape index (κ2) is 9.57. The summed E-state index contributed by atoms with van der Waals surface area (Å²) in [6, 6.07) is 10.3. The van der Waals surface area contributed by atoms with Gasteiger partial charge in [0.25, 0.3) is 5.91 Å². The van der Waals surface area contributed by atoms with E-state index in [1.165, 1.54) is 10.4 Å². The van der Waals surface area contributed by atoms with Gasteiger partial charge in [-0.2, -0.15) is 0 Å². The minimum Gasteiger partial charge on any atom is -0.493 e. The summed E-state index contributed by atoms with van der Waals surface area (Å²) >= 11 is 6.29. The van der Waals surface area contributed by atoms with E-state index in [0.717, 1.165) is 12.0 Å². The molecule has 0 unspecified atom stereocenters. The van der Waals surface area contributed by atoms with E-state index in [1.807, 2.05) is 18.2 Å². The molecule has 0 aromatic heterocycles. The highest BCUT2D eigenvalue weighted by molar-refractivity contribution is 7.92. The first kappa shape index (κ1) is 22.2. The van der Waals surface area contributed by atoms with Crippen molar-refractivity contribution in [1.82, 2.24) is 5.32 Å². The van der Waals surface area contributed by atoms with Crippen molar-refractivity contribution in [2.24, 2.45) is 0 Å². The Morgan fingerprint density at radius 3 is 2.53 bits per heavy atom. The van der Waals surface area contributed by atoms with Crippen LogP contribution in [-0.4, -0.2) is 47.4 Å². The molecule has 2 aromatic rings. The molecule has 7 nitrogen and oxygen atoms in total. The summed E-state index contributed by atoms with van der Waals surface area (Å²) in [6.45, 7) is 0.836. The summed E-state index contributed by atoms with van der Waals surface area (Å²) in [6.07, 6.45) is 2.07. The molecule has 0 bridgehead atoms. The predicted octanol–water partition coefficient (Wildman–Crippen LogP) is 3.26. The third-order valence-corrected chi connectivity index (χ3v) is 7.16. The molecule has 0 aliphatic carbocycles. The van der Waals surface area contributed by atoms with E-state index in [9.17, 15) is 13.2 Å². The molecule has 1 N–H and O–H groups in total. The van der Waals surface area contributed by atoms with Gasteiger partial charge in [-0.05, 0) is 55.2 Å². The van der Waals surface area contributed by atoms with Crippen LogP contribution in [0.25, 0.3) is 0 Å². The van der Waals surface area contributed by atoms with Gasteiger partial charge in [0, 0.05) is 13.1 Å². The average molecular weight is 453 g/mol. The molecular formula is C21H25ClN2O5S. The van der Waals surface area contributed by atoms with Crippen LogP contribution in [0.4, 0.5) is 5.69 Å². The smallest absolute Gasteiger partial charge is 0.252 e. The van der Waals surface area contributed by atoms with Crippen molar-refractivity contribution in [1.29, 1.82) is 0 Å². The fraction of sp³-hybridized carbons (Fsp3) is 0.381. The van der Waals surface area contributed by atoms with Crippen LogP contribution in [0.1, 0.15) is 28.8 Å². The van der Waals surface area contributed by atoms with Crippen LogP contribution in [0, 0.1) is 0 Å². The molecule has 1 saturated heterocycles. The zero-order chi connectivity index (χ0) is 21.7. The lowest BCUT2D eigenvalue weighted by Gasteiger charge is -2.28. The Kier molecular flexibility index (Phi) is 7.10. The predicted molar refractivity (Wildman–Crippen MR) is 117 cm³/mol. The number of ether oxygens (including phenoxy) is 2. The average Bonchev–Trinajstić information content (AvgIpc) is 2.73. The topological polar surface area (TPSA) is 84.9 Å². The number of carbonyl (C=O) groups is 1. The number of sulfonamides is 1. The Labute approximate surface area is 182 Å². The number of nitrogens with one attached hydrogen (secondary N) is 1. The van der Waals surface area contributed by atoms with E-state index in [2.05, 4.69) is 5.32 Å². The lowest BCUT2D eigenvalue weighted by Crippen LogP contribution is -2.37. The van der Waals surface area contributed by atoms with Crippen molar-refractivity contribution in [3.8, 4) is 11.5 Å². The Hall–Kier alpha value is -2.45. The van der Waals surface area contributed by atoms with Crippen LogP contribution < -0.4 is 19.1 Å². The summed E-state index contributed by atoms with van der Waals surface area (Å²) in [4.78, 5) is 12.5. The molecular weight excluding hydrogens is 428 g/mol. The van der Waals surface area contributed by atoms with Gasteiger partial charge < -0.3 is 14.8 Å². The second-order valence-corrected chi connectivity index (χ2v) is 9.37. The highest BCUT2D eigenvalue weighted by Gasteiger charge is 2.26. The monoisotopic (exact) mass is 452 g/mol. The number of hydrogen-bond donors (Lipinski definition) is 1. The van der Waals surface area contributed by atoms with Crippen molar-refractivity contribution in [3.05, 3.63) is 52.5 Å². The van der Waals surface area contributed by atoms with Crippen molar-refractivity contribution >= 4 is 33.2 Å². The minimum absolute atomic E-state index is 0.128. The fourth-order valence-corrected chi connectivity index (χ4v) is 5.27. The van der Waals surface area contributed by atoms with Gasteiger partial charge >= 0.3 is 0 Å². The maximum atomic E-state index is 12.5. The number of carbonyl (C=O) groups excluding carboxylic acids is 1. The first-order valence-electron chi connectivity index (χ1n) is 9.65. The van der Waals surface area contributed by atoms with Gasteiger partial charge in [0.1, 0.15) is 0 Å². The largest absolute Gasteiger partial charge is 0.493 e. The van der Waals surface area contributed by atoms with Crippen LogP contribution >= 0.6 is 11.6 Å². The fourth-order valence-electron chi connectivity index (χ4n) is 3.37. The minimum atomic E-state index is -3.33. The Morgan fingerprint density at radius 2 is 1.87 bits per heavy atom. The highest BCUT2D eigenvalue weighted by Crippen LogP contribution is 2.29. The van der Waals surface area contributed by atoms with E-state index >= 15 is 0 Å². The van der Waals surface area contributed by atoms with Crippen molar-refractivity contribution in [2.45, 2.75) is 19.3 Å². The normalized spacial score (nSPS) is 15.5. The van der Waals surface area contributed by atoms with E-state index in [0.29, 0.717) is 48.7 Å². The molecule has 30 heavy (non-hydrogen) atoms. The van der Waals surface area contributed by atoms with Gasteiger partial charge in [-0.15, -0.1) is 0 Å². The van der Waals surface area contributed by atoms with Gasteiger partial charge in [0.2, 0.25) is 10.0 Å². The zero-order valence-electron chi connectivity index (χ0n) is 17.0. The molecule has 0 spiro atoms. The third kappa shape index (κ3) is 4.99. The molecule has 0 radical (unpaired) electrons. The number of anilines is 1. The Balaban J connectivity index is 1.63. The van der Waals surface area contributed by atoms with Crippen LogP contribution in [0.3, 0.4) is 0 Å². The summed E-state index contributed by atoms with van der Waals surface area (Å²) in [5.41, 5.74) is 1.79. The molecule has 9 heteroatoms. The van der Waals surface area contributed by atoms with E-state index < -0.39 is 10.0 Å². The summed E-state index contributed by atoms with van der Waals surface area (Å²) in [5.74, 6) is 1.09. The SMILES string of the molecule is COc1ccc(CCNC(=O)c2ccc(N3CCCCS3(=O)=O)cc2Cl)cc1OC. The van der Waals surface area contributed by atoms with Crippen molar-refractivity contribution in [3.63, 3.8) is 0 Å². The van der Waals surface area contributed by atoms with E-state index in [4.69, 9.17) is 21.1 Å². The van der Waals surface area contributed by atoms with Gasteiger partial charge in [-0.25, -0.2) is 8.42 Å². The maximum absolute atomic E-state index is 12.5. The molecule has 2 aromatic carbocycles. The van der Waals surface area contributed by atoms with Gasteiger partial charge in [0.05, 0.1) is 36.2 Å². The number of benzene rings is 2. The molecule has 1 amide bonds. The van der Waals surface area contributed by atoms with Crippen molar-refractivity contribution in [2.75, 3.05) is 37.4 Å². The van der Waals surface area contributed by atoms with E-state index in [-0.39, 0.29) is 16.7 Å². The molecule has 162 valence electrons. The Morgan fingerprint density at radius 1 is 1.10 bits per heavy atom. The first-order chi connectivity index (χ1) is 14.4. The molecule has 0 atom stereocenters. The lowest BCUT2D eigenvalue weighted by atomic mass is 10.1. The van der Waals surface area contributed by atoms with Crippen LogP contribution in [0.2, 0.25) is 5.02 Å². The standard InChI is InChI=1S/C21H25ClN2O5S/c1-28-19-8-5-15(13-20(19)29-2)9-10-23-21(25)17-7-6-16(14-18(17)22)24-11-3-4-12-30(24,26)27/h5-8,13-14H,3-4,9-12H2,1-2H3,(H,23,25). The number of rotatable bonds is 7. The van der Waals surface area contributed by atoms with Gasteiger partial charge in [0.15, 0.2) is 11.5 Å². The summed E-state index contributed by atoms with van der Waals surface area (Å²) in [7, 11) is -0.177. The van der Waals surface area contributed by atoms with Crippen molar-refractivity contribution < 1.29 is 22.7 Å². The van der Waals surface area contributed by atoms with Crippen LogP contribution in [-0.2, 0) is 16.4 Å². The quantitative estimate of drug-likeness (QED) is 0.697.